The first-order valence-electron chi connectivity index (χ1n) is 7.78. The fraction of sp³-hybridized carbons (Fsp3) is 0.375. The highest BCUT2D eigenvalue weighted by Crippen LogP contribution is 2.28. The van der Waals surface area contributed by atoms with Crippen molar-refractivity contribution in [2.75, 3.05) is 19.8 Å². The normalized spacial score (nSPS) is 10.8. The van der Waals surface area contributed by atoms with Crippen molar-refractivity contribution in [1.82, 2.24) is 14.9 Å². The predicted octanol–water partition coefficient (Wildman–Crippen LogP) is 2.47. The van der Waals surface area contributed by atoms with E-state index < -0.39 is 5.97 Å². The van der Waals surface area contributed by atoms with Gasteiger partial charge in [-0.2, -0.15) is 14.9 Å². The zero-order chi connectivity index (χ0) is 18.2. The van der Waals surface area contributed by atoms with Gasteiger partial charge in [0.2, 0.25) is 4.77 Å². The van der Waals surface area contributed by atoms with Crippen LogP contribution in [0.5, 0.6) is 11.5 Å². The molecule has 1 N–H and O–H groups in total. The van der Waals surface area contributed by atoms with Crippen molar-refractivity contribution in [3.8, 4) is 11.5 Å². The van der Waals surface area contributed by atoms with Gasteiger partial charge in [-0.15, -0.1) is 0 Å². The van der Waals surface area contributed by atoms with Crippen LogP contribution < -0.4 is 9.47 Å². The molecule has 0 saturated carbocycles. The maximum absolute atomic E-state index is 11.4. The number of aromatic amines is 1. The molecule has 0 fully saturated rings. The van der Waals surface area contributed by atoms with Gasteiger partial charge in [0.15, 0.2) is 18.1 Å². The number of hydrogen-bond donors (Lipinski definition) is 1. The molecule has 1 heterocycles. The number of aromatic nitrogens is 3. The molecular weight excluding hydrogens is 344 g/mol. The average molecular weight is 364 g/mol. The molecule has 0 radical (unpaired) electrons. The zero-order valence-corrected chi connectivity index (χ0v) is 15.1. The van der Waals surface area contributed by atoms with Gasteiger partial charge >= 0.3 is 5.97 Å². The lowest BCUT2D eigenvalue weighted by Crippen LogP contribution is -2.15. The number of hydrogen-bond acceptors (Lipinski definition) is 7. The highest BCUT2D eigenvalue weighted by atomic mass is 32.1. The third kappa shape index (κ3) is 5.15. The van der Waals surface area contributed by atoms with E-state index in [9.17, 15) is 4.79 Å². The smallest absolute Gasteiger partial charge is 0.344 e. The Hall–Kier alpha value is -2.68. The molecule has 1 aromatic heterocycles. The Balaban J connectivity index is 2.17. The van der Waals surface area contributed by atoms with Crippen molar-refractivity contribution in [2.24, 2.45) is 5.10 Å². The summed E-state index contributed by atoms with van der Waals surface area (Å²) in [5.41, 5.74) is 0.787. The van der Waals surface area contributed by atoms with Crippen LogP contribution in [0, 0.1) is 11.7 Å². The summed E-state index contributed by atoms with van der Waals surface area (Å²) in [6.07, 6.45) is 1.63. The van der Waals surface area contributed by atoms with Crippen LogP contribution in [0.1, 0.15) is 25.2 Å². The molecule has 8 nitrogen and oxygen atoms in total. The van der Waals surface area contributed by atoms with E-state index in [0.29, 0.717) is 35.3 Å². The number of H-pyrrole nitrogens is 1. The number of rotatable bonds is 8. The lowest BCUT2D eigenvalue weighted by atomic mass is 10.2. The molecule has 2 rings (SSSR count). The summed E-state index contributed by atoms with van der Waals surface area (Å²) in [6.45, 7) is 6.00. The third-order valence-electron chi connectivity index (χ3n) is 3.05. The molecule has 9 heteroatoms. The maximum atomic E-state index is 11.4. The molecule has 134 valence electrons. The van der Waals surface area contributed by atoms with Gasteiger partial charge < -0.3 is 14.2 Å². The lowest BCUT2D eigenvalue weighted by molar-refractivity contribution is -0.145. The Labute approximate surface area is 150 Å². The highest BCUT2D eigenvalue weighted by molar-refractivity contribution is 7.71. The molecule has 0 atom stereocenters. The van der Waals surface area contributed by atoms with Crippen LogP contribution in [-0.2, 0) is 9.53 Å². The zero-order valence-electron chi connectivity index (χ0n) is 14.3. The topological polar surface area (TPSA) is 90.7 Å². The first-order chi connectivity index (χ1) is 12.0. The Morgan fingerprint density at radius 3 is 2.76 bits per heavy atom. The largest absolute Gasteiger partial charge is 0.490 e. The van der Waals surface area contributed by atoms with Crippen molar-refractivity contribution in [3.63, 3.8) is 0 Å². The average Bonchev–Trinajstić information content (AvgIpc) is 2.91. The van der Waals surface area contributed by atoms with E-state index in [1.165, 1.54) is 4.68 Å². The molecule has 2 aromatic rings. The SMILES string of the molecule is CCOC(=O)COc1ccc(/C=N\n2c(C)n[nH]c2=S)cc1OCC. The molecule has 0 aliphatic carbocycles. The van der Waals surface area contributed by atoms with Crippen LogP contribution >= 0.6 is 12.2 Å². The highest BCUT2D eigenvalue weighted by Gasteiger charge is 2.09. The van der Waals surface area contributed by atoms with E-state index in [4.69, 9.17) is 26.4 Å². The van der Waals surface area contributed by atoms with E-state index in [0.717, 1.165) is 5.56 Å². The van der Waals surface area contributed by atoms with E-state index in [2.05, 4.69) is 15.3 Å². The van der Waals surface area contributed by atoms with Gasteiger partial charge in [-0.3, -0.25) is 5.10 Å². The second-order valence-corrected chi connectivity index (χ2v) is 5.25. The van der Waals surface area contributed by atoms with Gasteiger partial charge in [0.05, 0.1) is 19.4 Å². The van der Waals surface area contributed by atoms with Gasteiger partial charge in [-0.05, 0) is 56.8 Å². The Morgan fingerprint density at radius 2 is 2.12 bits per heavy atom. The second-order valence-electron chi connectivity index (χ2n) is 4.87. The summed E-state index contributed by atoms with van der Waals surface area (Å²) < 4.78 is 17.8. The molecule has 0 aliphatic heterocycles. The first kappa shape index (κ1) is 18.7. The molecule has 0 amide bonds. The van der Waals surface area contributed by atoms with Gasteiger partial charge in [-0.1, -0.05) is 0 Å². The van der Waals surface area contributed by atoms with Gasteiger partial charge in [0, 0.05) is 0 Å². The van der Waals surface area contributed by atoms with Crippen LogP contribution in [-0.4, -0.2) is 46.9 Å². The quantitative estimate of drug-likeness (QED) is 0.440. The molecule has 1 aromatic carbocycles. The Kier molecular flexibility index (Phi) is 6.70. The minimum absolute atomic E-state index is 0.176. The third-order valence-corrected chi connectivity index (χ3v) is 3.32. The lowest BCUT2D eigenvalue weighted by Gasteiger charge is -2.12. The Morgan fingerprint density at radius 1 is 1.32 bits per heavy atom. The van der Waals surface area contributed by atoms with Gasteiger partial charge in [0.25, 0.3) is 0 Å². The van der Waals surface area contributed by atoms with Crippen molar-refractivity contribution >= 4 is 24.4 Å². The molecule has 0 unspecified atom stereocenters. The monoisotopic (exact) mass is 364 g/mol. The van der Waals surface area contributed by atoms with Crippen molar-refractivity contribution in [1.29, 1.82) is 0 Å². The van der Waals surface area contributed by atoms with Crippen molar-refractivity contribution in [2.45, 2.75) is 20.8 Å². The molecule has 0 bridgehead atoms. The Bertz CT molecular complexity index is 813. The second kappa shape index (κ2) is 8.97. The minimum atomic E-state index is -0.430. The number of benzene rings is 1. The minimum Gasteiger partial charge on any atom is -0.490 e. The molecular formula is C16H20N4O4S. The number of nitrogens with one attached hydrogen (secondary N) is 1. The van der Waals surface area contributed by atoms with Crippen LogP contribution in [0.15, 0.2) is 23.3 Å². The molecule has 0 saturated heterocycles. The van der Waals surface area contributed by atoms with Crippen molar-refractivity contribution in [3.05, 3.63) is 34.4 Å². The fourth-order valence-electron chi connectivity index (χ4n) is 1.96. The van der Waals surface area contributed by atoms with Crippen LogP contribution in [0.25, 0.3) is 0 Å². The number of ether oxygens (including phenoxy) is 3. The number of carbonyl (C=O) groups excluding carboxylic acids is 1. The van der Waals surface area contributed by atoms with Crippen LogP contribution in [0.2, 0.25) is 0 Å². The molecule has 0 spiro atoms. The van der Waals surface area contributed by atoms with E-state index >= 15 is 0 Å². The number of nitrogens with zero attached hydrogens (tertiary/aromatic N) is 3. The predicted molar refractivity (Wildman–Crippen MR) is 94.9 cm³/mol. The number of esters is 1. The number of carbonyl (C=O) groups is 1. The summed E-state index contributed by atoms with van der Waals surface area (Å²) in [7, 11) is 0. The summed E-state index contributed by atoms with van der Waals surface area (Å²) in [5.74, 6) is 1.20. The standard InChI is InChI=1S/C16H20N4O4S/c1-4-22-14-8-12(9-17-20-11(3)18-19-16(20)25)6-7-13(14)24-10-15(21)23-5-2/h6-9H,4-5,10H2,1-3H3,(H,19,25)/b17-9-. The van der Waals surface area contributed by atoms with E-state index in [1.807, 2.05) is 6.92 Å². The number of aryl methyl sites for hydroxylation is 1. The molecule has 0 aliphatic rings. The first-order valence-corrected chi connectivity index (χ1v) is 8.19. The maximum Gasteiger partial charge on any atom is 0.344 e. The summed E-state index contributed by atoms with van der Waals surface area (Å²) in [6, 6.07) is 5.28. The van der Waals surface area contributed by atoms with E-state index in [1.54, 1.807) is 38.3 Å². The van der Waals surface area contributed by atoms with Gasteiger partial charge in [-0.25, -0.2) is 4.79 Å². The van der Waals surface area contributed by atoms with Crippen LogP contribution in [0.3, 0.4) is 0 Å². The summed E-state index contributed by atoms with van der Waals surface area (Å²) in [5, 5.41) is 10.9. The fourth-order valence-corrected chi connectivity index (χ4v) is 2.19. The van der Waals surface area contributed by atoms with Gasteiger partial charge in [0.1, 0.15) is 5.82 Å². The van der Waals surface area contributed by atoms with E-state index in [-0.39, 0.29) is 6.61 Å². The van der Waals surface area contributed by atoms with Crippen LogP contribution in [0.4, 0.5) is 0 Å². The summed E-state index contributed by atoms with van der Waals surface area (Å²) >= 11 is 5.10. The van der Waals surface area contributed by atoms with Crippen molar-refractivity contribution < 1.29 is 19.0 Å². The molecule has 25 heavy (non-hydrogen) atoms. The summed E-state index contributed by atoms with van der Waals surface area (Å²) in [4.78, 5) is 11.4.